The molecule has 1 aliphatic heterocycles. The predicted octanol–water partition coefficient (Wildman–Crippen LogP) is 1.72. The number of halogens is 3. The Bertz CT molecular complexity index is 96.5. The second-order valence-electron chi connectivity index (χ2n) is 1.73. The van der Waals surface area contributed by atoms with Gasteiger partial charge in [-0.05, 0) is 6.42 Å². The molecule has 1 unspecified atom stereocenters. The van der Waals surface area contributed by atoms with Crippen LogP contribution in [-0.4, -0.2) is 12.2 Å². The summed E-state index contributed by atoms with van der Waals surface area (Å²) in [5, 5.41) is 0. The molecule has 9 heavy (non-hydrogen) atoms. The summed E-state index contributed by atoms with van der Waals surface area (Å²) in [6, 6.07) is -1.33. The van der Waals surface area contributed by atoms with Crippen LogP contribution in [0.25, 0.3) is 0 Å². The molecule has 0 amide bonds. The van der Waals surface area contributed by atoms with E-state index < -0.39 is 12.2 Å². The molecule has 1 radical (unpaired) electrons. The number of nitrogens with one attached hydrogen (secondary N) is 1. The van der Waals surface area contributed by atoms with Crippen molar-refractivity contribution < 1.29 is 13.2 Å². The van der Waals surface area contributed by atoms with Gasteiger partial charge in [-0.3, -0.25) is 4.72 Å². The second kappa shape index (κ2) is 2.38. The summed E-state index contributed by atoms with van der Waals surface area (Å²) in [6.45, 7) is 0. The average molecular weight is 156 g/mol. The lowest BCUT2D eigenvalue weighted by molar-refractivity contribution is -0.149. The molecule has 0 aliphatic carbocycles. The summed E-state index contributed by atoms with van der Waals surface area (Å²) in [4.78, 5) is 0. The highest BCUT2D eigenvalue weighted by Gasteiger charge is 2.41. The quantitative estimate of drug-likeness (QED) is 0.536. The van der Waals surface area contributed by atoms with Gasteiger partial charge in [0.1, 0.15) is 6.04 Å². The molecule has 1 fully saturated rings. The van der Waals surface area contributed by atoms with Crippen molar-refractivity contribution in [2.75, 3.05) is 0 Å². The Morgan fingerprint density at radius 2 is 2.22 bits per heavy atom. The summed E-state index contributed by atoms with van der Waals surface area (Å²) in [5.41, 5.74) is 0. The first kappa shape index (κ1) is 7.21. The Hall–Kier alpha value is 0.1000. The third kappa shape index (κ3) is 1.76. The minimum absolute atomic E-state index is 0.0775. The molecule has 0 aromatic rings. The Morgan fingerprint density at radius 1 is 1.56 bits per heavy atom. The van der Waals surface area contributed by atoms with Gasteiger partial charge in [-0.1, -0.05) is 11.9 Å². The van der Waals surface area contributed by atoms with Gasteiger partial charge in [0.2, 0.25) is 0 Å². The standard InChI is InChI=1S/C4H5F3NS/c5-4(6,7)3-1-2-9-8-3/h2-3,8H,1H2. The largest absolute Gasteiger partial charge is 0.404 e. The molecule has 0 aromatic heterocycles. The molecule has 53 valence electrons. The fourth-order valence-electron chi connectivity index (χ4n) is 0.523. The maximum atomic E-state index is 11.7. The molecule has 0 spiro atoms. The molecule has 1 saturated heterocycles. The van der Waals surface area contributed by atoms with Crippen LogP contribution in [0.15, 0.2) is 0 Å². The van der Waals surface area contributed by atoms with Crippen LogP contribution in [0.4, 0.5) is 13.2 Å². The van der Waals surface area contributed by atoms with E-state index in [0.29, 0.717) is 0 Å². The molecule has 1 N–H and O–H groups in total. The van der Waals surface area contributed by atoms with Gasteiger partial charge in [-0.25, -0.2) is 0 Å². The number of alkyl halides is 3. The van der Waals surface area contributed by atoms with Crippen molar-refractivity contribution in [3.63, 3.8) is 0 Å². The van der Waals surface area contributed by atoms with Crippen molar-refractivity contribution in [3.05, 3.63) is 5.75 Å². The Morgan fingerprint density at radius 3 is 2.44 bits per heavy atom. The van der Waals surface area contributed by atoms with Crippen LogP contribution >= 0.6 is 11.9 Å². The lowest BCUT2D eigenvalue weighted by Crippen LogP contribution is -2.34. The van der Waals surface area contributed by atoms with Gasteiger partial charge in [-0.15, -0.1) is 0 Å². The van der Waals surface area contributed by atoms with E-state index in [2.05, 4.69) is 4.72 Å². The third-order valence-corrected chi connectivity index (χ3v) is 1.80. The topological polar surface area (TPSA) is 12.0 Å². The molecule has 0 aromatic carbocycles. The highest BCUT2D eigenvalue weighted by atomic mass is 32.2. The monoisotopic (exact) mass is 156 g/mol. The Kier molecular flexibility index (Phi) is 1.91. The molecule has 1 nitrogen and oxygen atoms in total. The van der Waals surface area contributed by atoms with Gasteiger partial charge in [0.05, 0.1) is 0 Å². The Balaban J connectivity index is 2.42. The molecule has 5 heteroatoms. The molecular formula is C4H5F3NS. The van der Waals surface area contributed by atoms with Crippen molar-refractivity contribution in [3.8, 4) is 0 Å². The molecule has 1 atom stereocenters. The summed E-state index contributed by atoms with van der Waals surface area (Å²) in [6.07, 6.45) is -4.01. The zero-order chi connectivity index (χ0) is 6.91. The van der Waals surface area contributed by atoms with E-state index in [0.717, 1.165) is 11.9 Å². The molecule has 1 heterocycles. The first-order valence-electron chi connectivity index (χ1n) is 2.40. The van der Waals surface area contributed by atoms with E-state index >= 15 is 0 Å². The zero-order valence-electron chi connectivity index (χ0n) is 4.40. The zero-order valence-corrected chi connectivity index (χ0v) is 5.22. The number of hydrogen-bond acceptors (Lipinski definition) is 2. The predicted molar refractivity (Wildman–Crippen MR) is 29.5 cm³/mol. The molecular weight excluding hydrogens is 151 g/mol. The minimum atomic E-state index is -4.08. The van der Waals surface area contributed by atoms with Crippen LogP contribution in [0.5, 0.6) is 0 Å². The van der Waals surface area contributed by atoms with E-state index in [1.807, 2.05) is 0 Å². The highest BCUT2D eigenvalue weighted by molar-refractivity contribution is 7.99. The highest BCUT2D eigenvalue weighted by Crippen LogP contribution is 2.30. The molecule has 0 bridgehead atoms. The first-order valence-corrected chi connectivity index (χ1v) is 3.28. The third-order valence-electron chi connectivity index (χ3n) is 1.02. The summed E-state index contributed by atoms with van der Waals surface area (Å²) >= 11 is 1.01. The van der Waals surface area contributed by atoms with E-state index in [1.54, 1.807) is 0 Å². The van der Waals surface area contributed by atoms with Gasteiger partial charge < -0.3 is 0 Å². The van der Waals surface area contributed by atoms with Crippen LogP contribution in [0, 0.1) is 5.75 Å². The van der Waals surface area contributed by atoms with Gasteiger partial charge in [0, 0.05) is 5.75 Å². The Labute approximate surface area is 55.1 Å². The van der Waals surface area contributed by atoms with Crippen molar-refractivity contribution >= 4 is 11.9 Å². The first-order chi connectivity index (χ1) is 4.11. The fraction of sp³-hybridized carbons (Fsp3) is 0.750. The normalized spacial score (nSPS) is 29.0. The van der Waals surface area contributed by atoms with Crippen molar-refractivity contribution in [1.82, 2.24) is 4.72 Å². The van der Waals surface area contributed by atoms with Crippen molar-refractivity contribution in [2.45, 2.75) is 18.6 Å². The SMILES string of the molecule is FC(F)(F)C1C[CH]SN1. The minimum Gasteiger partial charge on any atom is -0.252 e. The van der Waals surface area contributed by atoms with E-state index in [9.17, 15) is 13.2 Å². The van der Waals surface area contributed by atoms with Gasteiger partial charge in [0.25, 0.3) is 0 Å². The molecule has 1 aliphatic rings. The van der Waals surface area contributed by atoms with Crippen LogP contribution < -0.4 is 4.72 Å². The smallest absolute Gasteiger partial charge is 0.252 e. The van der Waals surface area contributed by atoms with E-state index in [1.165, 1.54) is 5.75 Å². The fourth-order valence-corrected chi connectivity index (χ4v) is 1.30. The van der Waals surface area contributed by atoms with Gasteiger partial charge in [0.15, 0.2) is 0 Å². The number of rotatable bonds is 0. The second-order valence-corrected chi connectivity index (χ2v) is 2.54. The van der Waals surface area contributed by atoms with Crippen LogP contribution in [-0.2, 0) is 0 Å². The van der Waals surface area contributed by atoms with Crippen LogP contribution in [0.1, 0.15) is 6.42 Å². The van der Waals surface area contributed by atoms with Crippen molar-refractivity contribution in [2.24, 2.45) is 0 Å². The van der Waals surface area contributed by atoms with Gasteiger partial charge >= 0.3 is 6.18 Å². The maximum Gasteiger partial charge on any atom is 0.404 e. The van der Waals surface area contributed by atoms with E-state index in [4.69, 9.17) is 0 Å². The maximum absolute atomic E-state index is 11.7. The lowest BCUT2D eigenvalue weighted by Gasteiger charge is -2.12. The lowest BCUT2D eigenvalue weighted by atomic mass is 10.2. The summed E-state index contributed by atoms with van der Waals surface area (Å²) in [5.74, 6) is 1.51. The van der Waals surface area contributed by atoms with Crippen LogP contribution in [0.3, 0.4) is 0 Å². The summed E-state index contributed by atoms with van der Waals surface area (Å²) < 4.78 is 37.2. The molecule has 1 rings (SSSR count). The molecule has 0 saturated carbocycles. The average Bonchev–Trinajstić information content (AvgIpc) is 2.08. The summed E-state index contributed by atoms with van der Waals surface area (Å²) in [7, 11) is 0. The van der Waals surface area contributed by atoms with Gasteiger partial charge in [-0.2, -0.15) is 13.2 Å². The van der Waals surface area contributed by atoms with E-state index in [-0.39, 0.29) is 6.42 Å². The van der Waals surface area contributed by atoms with Crippen LogP contribution in [0.2, 0.25) is 0 Å². The number of hydrogen-bond donors (Lipinski definition) is 1. The van der Waals surface area contributed by atoms with Crippen molar-refractivity contribution in [1.29, 1.82) is 0 Å².